The van der Waals surface area contributed by atoms with Crippen molar-refractivity contribution in [3.8, 4) is 39.8 Å². The third-order valence-electron chi connectivity index (χ3n) is 11.4. The number of nitrogens with one attached hydrogen (secondary N) is 3. The van der Waals surface area contributed by atoms with E-state index in [2.05, 4.69) is 46.7 Å². The van der Waals surface area contributed by atoms with Crippen LogP contribution in [0, 0.1) is 6.92 Å². The van der Waals surface area contributed by atoms with Crippen LogP contribution in [0.1, 0.15) is 72.9 Å². The highest BCUT2D eigenvalue weighted by Crippen LogP contribution is 2.45. The smallest absolute Gasteiger partial charge is 0.326 e. The Kier molecular flexibility index (Phi) is 17.0. The van der Waals surface area contributed by atoms with E-state index in [4.69, 9.17) is 32.4 Å². The molecule has 0 fully saturated rings. The second-order valence-electron chi connectivity index (χ2n) is 17.7. The number of amides is 4. The summed E-state index contributed by atoms with van der Waals surface area (Å²) in [6, 6.07) is 8.79. The van der Waals surface area contributed by atoms with E-state index in [9.17, 15) is 44.4 Å². The van der Waals surface area contributed by atoms with Crippen molar-refractivity contribution in [1.82, 2.24) is 30.8 Å². The SMILES string of the molecule is Cc1nc(-c2ccc(C(C)(C)C)cc2)nc(N)c1C(=O)N[C@@H](CCN)C(=O)N(C)[C@@H]1C(=O)N[C@@H](C)C(=O)N[C@H](C(=O)O)Cc2ccc(OC[C@H](O)CN)c(c2)-c2cc1cc(OC[C@H](O)CN)c2O. The Bertz CT molecular complexity index is 2480. The van der Waals surface area contributed by atoms with Crippen LogP contribution in [0.3, 0.4) is 0 Å². The van der Waals surface area contributed by atoms with Gasteiger partial charge in [0.1, 0.15) is 66.7 Å². The van der Waals surface area contributed by atoms with Crippen molar-refractivity contribution in [2.24, 2.45) is 17.2 Å². The number of aliphatic hydroxyl groups is 2. The Hall–Kier alpha value is -6.91. The first-order valence-electron chi connectivity index (χ1n) is 22.0. The molecule has 1 aliphatic heterocycles. The molecule has 21 nitrogen and oxygen atoms in total. The first kappa shape index (κ1) is 52.1. The summed E-state index contributed by atoms with van der Waals surface area (Å²) in [6.45, 7) is 7.94. The number of hydrogen-bond donors (Lipinski definition) is 11. The van der Waals surface area contributed by atoms with Crippen molar-refractivity contribution in [3.05, 3.63) is 82.5 Å². The summed E-state index contributed by atoms with van der Waals surface area (Å²) >= 11 is 0. The Balaban J connectivity index is 1.62. The first-order chi connectivity index (χ1) is 32.1. The zero-order valence-electron chi connectivity index (χ0n) is 38.9. The first-order valence-corrected chi connectivity index (χ1v) is 22.0. The maximum Gasteiger partial charge on any atom is 0.326 e. The molecule has 4 bridgehead atoms. The molecule has 3 aromatic carbocycles. The topological polar surface area (TPSA) is 354 Å². The summed E-state index contributed by atoms with van der Waals surface area (Å²) in [6.07, 6.45) is -2.70. The molecule has 21 heteroatoms. The number of nitrogens with zero attached hydrogens (tertiary/aromatic N) is 3. The van der Waals surface area contributed by atoms with Crippen molar-refractivity contribution in [1.29, 1.82) is 0 Å². The fourth-order valence-corrected chi connectivity index (χ4v) is 7.44. The third kappa shape index (κ3) is 12.3. The molecular formula is C47H62N10O11. The van der Waals surface area contributed by atoms with Crippen molar-refractivity contribution < 1.29 is 53.9 Å². The average Bonchev–Trinajstić information content (AvgIpc) is 3.29. The molecule has 0 radical (unpaired) electrons. The Labute approximate surface area is 393 Å². The molecule has 0 saturated carbocycles. The molecule has 0 unspecified atom stereocenters. The van der Waals surface area contributed by atoms with Gasteiger partial charge in [0.15, 0.2) is 17.3 Å². The molecule has 2 heterocycles. The van der Waals surface area contributed by atoms with E-state index in [-0.39, 0.29) is 95.6 Å². The van der Waals surface area contributed by atoms with Crippen molar-refractivity contribution in [3.63, 3.8) is 0 Å². The van der Waals surface area contributed by atoms with E-state index in [1.807, 2.05) is 24.3 Å². The van der Waals surface area contributed by atoms with E-state index >= 15 is 0 Å². The number of aromatic nitrogens is 2. The number of likely N-dealkylation sites (N-methyl/N-ethyl adjacent to an activating group) is 1. The number of aliphatic carboxylic acids is 1. The molecule has 4 aromatic rings. The van der Waals surface area contributed by atoms with Gasteiger partial charge in [0, 0.05) is 43.2 Å². The van der Waals surface area contributed by atoms with E-state index in [1.54, 1.807) is 6.92 Å². The van der Waals surface area contributed by atoms with Gasteiger partial charge in [0.2, 0.25) is 17.7 Å². The molecule has 5 rings (SSSR count). The number of hydrogen-bond acceptors (Lipinski definition) is 16. The average molecular weight is 943 g/mol. The number of fused-ring (bicyclic) bond motifs is 5. The zero-order chi connectivity index (χ0) is 50.2. The van der Waals surface area contributed by atoms with Crippen LogP contribution < -0.4 is 48.4 Å². The number of phenolic OH excluding ortho intramolecular Hbond substituents is 1. The summed E-state index contributed by atoms with van der Waals surface area (Å²) < 4.78 is 11.8. The number of phenols is 1. The van der Waals surface area contributed by atoms with Gasteiger partial charge in [0.05, 0.1) is 5.69 Å². The third-order valence-corrected chi connectivity index (χ3v) is 11.4. The molecule has 1 aromatic heterocycles. The molecule has 366 valence electrons. The summed E-state index contributed by atoms with van der Waals surface area (Å²) in [5.41, 5.74) is 25.8. The number of carbonyl (C=O) groups excluding carboxylic acids is 4. The van der Waals surface area contributed by atoms with Crippen LogP contribution in [0.4, 0.5) is 5.82 Å². The summed E-state index contributed by atoms with van der Waals surface area (Å²) in [5.74, 6) is -5.47. The standard InChI is InChI=1S/C47H62N10O11/c1-23-37(40(51)56-41(52-23)26-8-10-28(11-9-26)47(3,4)5)43(62)54-33(13-14-48)45(64)57(6)38-27-17-32(39(60)36(18-27)68-22-30(59)20-50)31-15-25(7-12-35(31)67-21-29(58)19-49)16-34(46(65)66)55-42(61)24(2)53-44(38)63/h7-12,15,17-18,24,29-30,33-34,38,58-60H,13-14,16,19-22,48-50H2,1-6H3,(H,53,63)(H,54,62)(H,55,61)(H,65,66)(H2,51,52,56)/t24-,29+,30+,33-,34-,38-/m0/s1. The number of ether oxygens (including phenoxy) is 2. The van der Waals surface area contributed by atoms with Gasteiger partial charge in [-0.2, -0.15) is 0 Å². The molecule has 0 aliphatic carbocycles. The highest BCUT2D eigenvalue weighted by Gasteiger charge is 2.37. The number of carbonyl (C=O) groups is 5. The van der Waals surface area contributed by atoms with Gasteiger partial charge in [-0.25, -0.2) is 14.8 Å². The lowest BCUT2D eigenvalue weighted by molar-refractivity contribution is -0.143. The van der Waals surface area contributed by atoms with Gasteiger partial charge in [-0.05, 0) is 73.2 Å². The summed E-state index contributed by atoms with van der Waals surface area (Å²) in [5, 5.41) is 50.4. The van der Waals surface area contributed by atoms with Gasteiger partial charge >= 0.3 is 5.97 Å². The highest BCUT2D eigenvalue weighted by atomic mass is 16.5. The van der Waals surface area contributed by atoms with Crippen LogP contribution in [0.25, 0.3) is 22.5 Å². The fourth-order valence-electron chi connectivity index (χ4n) is 7.44. The largest absolute Gasteiger partial charge is 0.504 e. The number of nitrogens with two attached hydrogens (primary N) is 4. The molecular weight excluding hydrogens is 881 g/mol. The number of nitrogen functional groups attached to an aromatic ring is 1. The van der Waals surface area contributed by atoms with Crippen LogP contribution in [-0.4, -0.2) is 135 Å². The molecule has 6 atom stereocenters. The summed E-state index contributed by atoms with van der Waals surface area (Å²) in [4.78, 5) is 79.4. The lowest BCUT2D eigenvalue weighted by Crippen LogP contribution is -2.55. The lowest BCUT2D eigenvalue weighted by atomic mass is 9.86. The summed E-state index contributed by atoms with van der Waals surface area (Å²) in [7, 11) is 1.27. The Morgan fingerprint density at radius 1 is 0.897 bits per heavy atom. The maximum absolute atomic E-state index is 14.8. The van der Waals surface area contributed by atoms with Gasteiger partial charge in [-0.15, -0.1) is 0 Å². The fraction of sp³-hybridized carbons (Fsp3) is 0.426. The van der Waals surface area contributed by atoms with Gasteiger partial charge in [-0.1, -0.05) is 51.1 Å². The van der Waals surface area contributed by atoms with E-state index in [0.29, 0.717) is 11.1 Å². The van der Waals surface area contributed by atoms with Crippen molar-refractivity contribution in [2.45, 2.75) is 89.3 Å². The maximum atomic E-state index is 14.8. The number of carboxylic acids is 1. The quantitative estimate of drug-likeness (QED) is 0.0723. The molecule has 0 spiro atoms. The molecule has 15 N–H and O–H groups in total. The number of aromatic hydroxyl groups is 1. The minimum atomic E-state index is -1.68. The molecule has 0 saturated heterocycles. The Morgan fingerprint density at radius 3 is 2.10 bits per heavy atom. The lowest BCUT2D eigenvalue weighted by Gasteiger charge is -2.33. The number of carboxylic acid groups (broad SMARTS) is 1. The van der Waals surface area contributed by atoms with E-state index in [0.717, 1.165) is 10.5 Å². The van der Waals surface area contributed by atoms with Crippen molar-refractivity contribution >= 4 is 35.4 Å². The second kappa shape index (κ2) is 22.3. The zero-order valence-corrected chi connectivity index (χ0v) is 38.9. The highest BCUT2D eigenvalue weighted by molar-refractivity contribution is 6.02. The monoisotopic (exact) mass is 942 g/mol. The van der Waals surface area contributed by atoms with Crippen LogP contribution in [-0.2, 0) is 31.0 Å². The van der Waals surface area contributed by atoms with Crippen molar-refractivity contribution in [2.75, 3.05) is 45.6 Å². The van der Waals surface area contributed by atoms with Gasteiger partial charge < -0.3 is 73.7 Å². The number of aliphatic hydroxyl groups excluding tert-OH is 2. The van der Waals surface area contributed by atoms with E-state index in [1.165, 1.54) is 44.3 Å². The number of rotatable bonds is 16. The minimum absolute atomic E-state index is 0.00718. The predicted octanol–water partition coefficient (Wildman–Crippen LogP) is 0.378. The minimum Gasteiger partial charge on any atom is -0.504 e. The Morgan fingerprint density at radius 2 is 1.53 bits per heavy atom. The van der Waals surface area contributed by atoms with Crippen LogP contribution in [0.15, 0.2) is 54.6 Å². The number of aryl methyl sites for hydroxylation is 1. The number of benzene rings is 3. The molecule has 68 heavy (non-hydrogen) atoms. The molecule has 1 aliphatic rings. The van der Waals surface area contributed by atoms with Crippen LogP contribution >= 0.6 is 0 Å². The predicted molar refractivity (Wildman–Crippen MR) is 251 cm³/mol. The number of anilines is 1. The van der Waals surface area contributed by atoms with E-state index < -0.39 is 78.3 Å². The molecule has 4 amide bonds. The second-order valence-corrected chi connectivity index (χ2v) is 17.7. The van der Waals surface area contributed by atoms with Crippen LogP contribution in [0.5, 0.6) is 17.2 Å². The van der Waals surface area contributed by atoms with Gasteiger partial charge in [0.25, 0.3) is 5.91 Å². The normalized spacial score (nSPS) is 17.7. The van der Waals surface area contributed by atoms with Gasteiger partial charge in [-0.3, -0.25) is 19.2 Å². The van der Waals surface area contributed by atoms with Crippen LogP contribution in [0.2, 0.25) is 0 Å².